The summed E-state index contributed by atoms with van der Waals surface area (Å²) < 4.78 is 4.18. The van der Waals surface area contributed by atoms with Crippen molar-refractivity contribution in [3.63, 3.8) is 0 Å². The van der Waals surface area contributed by atoms with Gasteiger partial charge in [0, 0.05) is 6.54 Å². The fourth-order valence-corrected chi connectivity index (χ4v) is 3.05. The quantitative estimate of drug-likeness (QED) is 0.730. The Labute approximate surface area is 120 Å². The maximum Gasteiger partial charge on any atom is 0.283 e. The lowest BCUT2D eigenvalue weighted by Gasteiger charge is -2.04. The fraction of sp³-hybridized carbons (Fsp3) is 0.273. The molecule has 8 heteroatoms. The Kier molecular flexibility index (Phi) is 3.19. The van der Waals surface area contributed by atoms with E-state index in [9.17, 15) is 4.79 Å². The minimum Gasteiger partial charge on any atom is -0.293 e. The molecule has 3 aromatic rings. The third-order valence-electron chi connectivity index (χ3n) is 2.83. The predicted molar refractivity (Wildman–Crippen MR) is 76.4 cm³/mol. The van der Waals surface area contributed by atoms with Crippen molar-refractivity contribution in [1.82, 2.24) is 24.5 Å². The summed E-state index contributed by atoms with van der Waals surface area (Å²) in [5, 5.41) is 9.80. The Morgan fingerprint density at radius 3 is 3.00 bits per heavy atom. The molecule has 0 aliphatic rings. The van der Waals surface area contributed by atoms with Gasteiger partial charge < -0.3 is 0 Å². The third kappa shape index (κ3) is 2.10. The van der Waals surface area contributed by atoms with Crippen molar-refractivity contribution in [2.45, 2.75) is 20.0 Å². The van der Waals surface area contributed by atoms with E-state index in [-0.39, 0.29) is 5.56 Å². The van der Waals surface area contributed by atoms with Gasteiger partial charge in [0.05, 0.1) is 10.3 Å². The molecular weight excluding hydrogens is 330 g/mol. The van der Waals surface area contributed by atoms with E-state index >= 15 is 0 Å². The number of hydrogen-bond acceptors (Lipinski definition) is 5. The molecule has 0 bridgehead atoms. The largest absolute Gasteiger partial charge is 0.293 e. The van der Waals surface area contributed by atoms with E-state index in [1.807, 2.05) is 18.4 Å². The van der Waals surface area contributed by atoms with Gasteiger partial charge >= 0.3 is 0 Å². The van der Waals surface area contributed by atoms with Gasteiger partial charge in [0.2, 0.25) is 0 Å². The second kappa shape index (κ2) is 4.86. The average molecular weight is 340 g/mol. The maximum atomic E-state index is 12.3. The molecule has 0 unspecified atom stereocenters. The minimum absolute atomic E-state index is 0.164. The number of halogens is 1. The minimum atomic E-state index is -0.164. The first kappa shape index (κ1) is 12.5. The van der Waals surface area contributed by atoms with Gasteiger partial charge in [0.15, 0.2) is 11.2 Å². The maximum absolute atomic E-state index is 12.3. The molecule has 3 rings (SSSR count). The molecule has 0 aliphatic heterocycles. The fourth-order valence-electron chi connectivity index (χ4n) is 1.83. The highest BCUT2D eigenvalue weighted by Gasteiger charge is 2.12. The second-order valence-corrected chi connectivity index (χ2v) is 6.21. The second-order valence-electron chi connectivity index (χ2n) is 3.97. The van der Waals surface area contributed by atoms with E-state index in [2.05, 4.69) is 31.2 Å². The summed E-state index contributed by atoms with van der Waals surface area (Å²) in [5.41, 5.74) is 1.74. The molecule has 0 N–H and O–H groups in total. The summed E-state index contributed by atoms with van der Waals surface area (Å²) in [4.78, 5) is 16.6. The zero-order valence-electron chi connectivity index (χ0n) is 10.1. The van der Waals surface area contributed by atoms with Gasteiger partial charge in [-0.1, -0.05) is 5.21 Å². The topological polar surface area (TPSA) is 65.6 Å². The molecule has 0 amide bonds. The van der Waals surface area contributed by atoms with Gasteiger partial charge in [-0.15, -0.1) is 16.4 Å². The molecule has 0 spiro atoms. The van der Waals surface area contributed by atoms with Gasteiger partial charge in [-0.2, -0.15) is 0 Å². The van der Waals surface area contributed by atoms with Gasteiger partial charge in [0.1, 0.15) is 6.33 Å². The number of aryl methyl sites for hydroxylation is 1. The average Bonchev–Trinajstić information content (AvgIpc) is 3.00. The summed E-state index contributed by atoms with van der Waals surface area (Å²) in [6.45, 7) is 3.05. The Bertz CT molecular complexity index is 790. The molecule has 0 saturated heterocycles. The van der Waals surface area contributed by atoms with Gasteiger partial charge in [-0.25, -0.2) is 9.67 Å². The van der Waals surface area contributed by atoms with Crippen LogP contribution >= 0.6 is 27.3 Å². The van der Waals surface area contributed by atoms with E-state index in [0.717, 1.165) is 9.35 Å². The smallest absolute Gasteiger partial charge is 0.283 e. The van der Waals surface area contributed by atoms with Crippen molar-refractivity contribution in [3.8, 4) is 0 Å². The van der Waals surface area contributed by atoms with Crippen LogP contribution in [0.25, 0.3) is 11.2 Å². The highest BCUT2D eigenvalue weighted by atomic mass is 79.9. The SMILES string of the molecule is CCn1nnc2c(=O)n(Cc3ccsc3Br)cnc21. The van der Waals surface area contributed by atoms with Gasteiger partial charge in [0.25, 0.3) is 5.56 Å². The lowest BCUT2D eigenvalue weighted by atomic mass is 10.3. The summed E-state index contributed by atoms with van der Waals surface area (Å²) in [5.74, 6) is 0. The standard InChI is InChI=1S/C11H10BrN5OS/c1-2-17-10-8(14-15-17)11(18)16(6-13-10)5-7-3-4-19-9(7)12/h3-4,6H,2,5H2,1H3. The van der Waals surface area contributed by atoms with Crippen LogP contribution in [-0.4, -0.2) is 24.5 Å². The summed E-state index contributed by atoms with van der Waals surface area (Å²) in [6.07, 6.45) is 1.55. The lowest BCUT2D eigenvalue weighted by Crippen LogP contribution is -2.21. The van der Waals surface area contributed by atoms with Crippen molar-refractivity contribution in [3.05, 3.63) is 37.5 Å². The zero-order chi connectivity index (χ0) is 13.4. The molecule has 3 heterocycles. The van der Waals surface area contributed by atoms with E-state index < -0.39 is 0 Å². The van der Waals surface area contributed by atoms with Crippen molar-refractivity contribution < 1.29 is 0 Å². The molecule has 3 aromatic heterocycles. The van der Waals surface area contributed by atoms with Crippen LogP contribution in [-0.2, 0) is 13.1 Å². The highest BCUT2D eigenvalue weighted by molar-refractivity contribution is 9.11. The van der Waals surface area contributed by atoms with E-state index in [0.29, 0.717) is 24.3 Å². The zero-order valence-corrected chi connectivity index (χ0v) is 12.5. The van der Waals surface area contributed by atoms with Crippen LogP contribution in [0, 0.1) is 0 Å². The summed E-state index contributed by atoms with van der Waals surface area (Å²) in [7, 11) is 0. The molecule has 0 aliphatic carbocycles. The molecule has 0 atom stereocenters. The molecule has 0 aromatic carbocycles. The monoisotopic (exact) mass is 339 g/mol. The first-order valence-corrected chi connectivity index (χ1v) is 7.38. The molecule has 98 valence electrons. The Balaban J connectivity index is 2.09. The van der Waals surface area contributed by atoms with Crippen LogP contribution in [0.4, 0.5) is 0 Å². The van der Waals surface area contributed by atoms with Crippen LogP contribution in [0.15, 0.2) is 26.4 Å². The highest BCUT2D eigenvalue weighted by Crippen LogP contribution is 2.23. The summed E-state index contributed by atoms with van der Waals surface area (Å²) in [6, 6.07) is 1.98. The van der Waals surface area contributed by atoms with Gasteiger partial charge in [-0.05, 0) is 39.9 Å². The Morgan fingerprint density at radius 1 is 1.47 bits per heavy atom. The number of fused-ring (bicyclic) bond motifs is 1. The van der Waals surface area contributed by atoms with Crippen LogP contribution in [0.1, 0.15) is 12.5 Å². The number of thiophene rings is 1. The van der Waals surface area contributed by atoms with Crippen molar-refractivity contribution in [2.75, 3.05) is 0 Å². The van der Waals surface area contributed by atoms with E-state index in [1.54, 1.807) is 26.9 Å². The first-order chi connectivity index (χ1) is 9.20. The number of aromatic nitrogens is 5. The number of hydrogen-bond donors (Lipinski definition) is 0. The number of nitrogens with zero attached hydrogens (tertiary/aromatic N) is 5. The van der Waals surface area contributed by atoms with Crippen LogP contribution in [0.3, 0.4) is 0 Å². The Morgan fingerprint density at radius 2 is 2.32 bits per heavy atom. The third-order valence-corrected chi connectivity index (χ3v) is 4.64. The summed E-state index contributed by atoms with van der Waals surface area (Å²) >= 11 is 5.05. The molecule has 6 nitrogen and oxygen atoms in total. The predicted octanol–water partition coefficient (Wildman–Crippen LogP) is 1.88. The van der Waals surface area contributed by atoms with Crippen molar-refractivity contribution in [1.29, 1.82) is 0 Å². The van der Waals surface area contributed by atoms with Crippen molar-refractivity contribution >= 4 is 38.4 Å². The molecular formula is C11H10BrN5OS. The van der Waals surface area contributed by atoms with Crippen molar-refractivity contribution in [2.24, 2.45) is 0 Å². The normalized spacial score (nSPS) is 11.3. The van der Waals surface area contributed by atoms with E-state index in [1.165, 1.54) is 0 Å². The van der Waals surface area contributed by atoms with E-state index in [4.69, 9.17) is 0 Å². The first-order valence-electron chi connectivity index (χ1n) is 5.71. The Hall–Kier alpha value is -1.54. The lowest BCUT2D eigenvalue weighted by molar-refractivity contribution is 0.640. The number of rotatable bonds is 3. The van der Waals surface area contributed by atoms with Crippen LogP contribution in [0.5, 0.6) is 0 Å². The molecule has 19 heavy (non-hydrogen) atoms. The van der Waals surface area contributed by atoms with Crippen LogP contribution in [0.2, 0.25) is 0 Å². The molecule has 0 fully saturated rings. The van der Waals surface area contributed by atoms with Crippen LogP contribution < -0.4 is 5.56 Å². The van der Waals surface area contributed by atoms with Gasteiger partial charge in [-0.3, -0.25) is 9.36 Å². The molecule has 0 radical (unpaired) electrons. The molecule has 0 saturated carbocycles.